The topological polar surface area (TPSA) is 48.4 Å². The lowest BCUT2D eigenvalue weighted by Crippen LogP contribution is -2.17. The Morgan fingerprint density at radius 2 is 2.24 bits per heavy atom. The maximum absolute atomic E-state index is 13.2. The molecule has 5 heteroatoms. The lowest BCUT2D eigenvalue weighted by atomic mass is 10.2. The molecule has 1 aromatic heterocycles. The van der Waals surface area contributed by atoms with E-state index in [1.54, 1.807) is 18.2 Å². The first-order chi connectivity index (χ1) is 8.20. The number of halogens is 2. The van der Waals surface area contributed by atoms with Crippen LogP contribution in [0.4, 0.5) is 4.39 Å². The third kappa shape index (κ3) is 2.78. The van der Waals surface area contributed by atoms with E-state index in [9.17, 15) is 4.39 Å². The van der Waals surface area contributed by atoms with E-state index >= 15 is 0 Å². The van der Waals surface area contributed by atoms with Gasteiger partial charge in [-0.2, -0.15) is 0 Å². The smallest absolute Gasteiger partial charge is 0.168 e. The molecule has 0 bridgehead atoms. The molecule has 17 heavy (non-hydrogen) atoms. The molecule has 1 heterocycles. The van der Waals surface area contributed by atoms with Crippen LogP contribution >= 0.6 is 11.6 Å². The molecule has 0 saturated carbocycles. The van der Waals surface area contributed by atoms with Crippen molar-refractivity contribution in [1.29, 1.82) is 0 Å². The normalized spacial score (nSPS) is 12.4. The minimum Gasteiger partial charge on any atom is -0.481 e. The number of hydrogen-bond donors (Lipinski definition) is 1. The van der Waals surface area contributed by atoms with Gasteiger partial charge in [0.2, 0.25) is 0 Å². The van der Waals surface area contributed by atoms with Crippen molar-refractivity contribution in [3.05, 3.63) is 53.2 Å². The van der Waals surface area contributed by atoms with Crippen LogP contribution in [0.5, 0.6) is 5.75 Å². The fraction of sp³-hybridized carbons (Fsp3) is 0.167. The monoisotopic (exact) mass is 255 g/mol. The van der Waals surface area contributed by atoms with E-state index in [1.165, 1.54) is 18.4 Å². The first-order valence-corrected chi connectivity index (χ1v) is 5.43. The summed E-state index contributed by atoms with van der Waals surface area (Å²) < 4.78 is 23.9. The van der Waals surface area contributed by atoms with Crippen molar-refractivity contribution in [3.8, 4) is 5.75 Å². The Balaban J connectivity index is 2.16. The molecular formula is C12H11ClFNO2. The Bertz CT molecular complexity index is 487. The Kier molecular flexibility index (Phi) is 3.66. The van der Waals surface area contributed by atoms with Crippen molar-refractivity contribution in [2.45, 2.75) is 6.10 Å². The van der Waals surface area contributed by atoms with E-state index in [-0.39, 0.29) is 11.6 Å². The van der Waals surface area contributed by atoms with Gasteiger partial charge in [0.25, 0.3) is 0 Å². The van der Waals surface area contributed by atoms with E-state index in [2.05, 4.69) is 0 Å². The second kappa shape index (κ2) is 5.21. The van der Waals surface area contributed by atoms with Gasteiger partial charge in [0.15, 0.2) is 6.10 Å². The fourth-order valence-electron chi connectivity index (χ4n) is 1.41. The number of nitrogens with two attached hydrogens (primary N) is 1. The van der Waals surface area contributed by atoms with Crippen LogP contribution in [0, 0.1) is 5.82 Å². The van der Waals surface area contributed by atoms with Gasteiger partial charge in [-0.05, 0) is 24.3 Å². The van der Waals surface area contributed by atoms with E-state index in [4.69, 9.17) is 26.5 Å². The largest absolute Gasteiger partial charge is 0.481 e. The Hall–Kier alpha value is -1.52. The molecule has 0 aliphatic heterocycles. The Labute approximate surface area is 103 Å². The van der Waals surface area contributed by atoms with Crippen LogP contribution in [0.15, 0.2) is 41.0 Å². The first-order valence-electron chi connectivity index (χ1n) is 5.06. The molecule has 0 saturated heterocycles. The maximum Gasteiger partial charge on any atom is 0.168 e. The Morgan fingerprint density at radius 1 is 1.41 bits per heavy atom. The SMILES string of the molecule is NCC(Oc1ccc(Cl)c(F)c1)c1ccco1. The van der Waals surface area contributed by atoms with Crippen molar-refractivity contribution < 1.29 is 13.5 Å². The summed E-state index contributed by atoms with van der Waals surface area (Å²) in [6.45, 7) is 0.234. The average Bonchev–Trinajstić information content (AvgIpc) is 2.84. The van der Waals surface area contributed by atoms with Gasteiger partial charge in [0, 0.05) is 12.6 Å². The van der Waals surface area contributed by atoms with E-state index in [0.717, 1.165) is 0 Å². The molecule has 0 aliphatic rings. The van der Waals surface area contributed by atoms with Gasteiger partial charge >= 0.3 is 0 Å². The molecule has 0 spiro atoms. The van der Waals surface area contributed by atoms with Gasteiger partial charge < -0.3 is 14.9 Å². The zero-order valence-electron chi connectivity index (χ0n) is 8.90. The van der Waals surface area contributed by atoms with Crippen molar-refractivity contribution in [2.75, 3.05) is 6.54 Å². The van der Waals surface area contributed by atoms with Crippen LogP contribution in [0.25, 0.3) is 0 Å². The number of benzene rings is 1. The van der Waals surface area contributed by atoms with Gasteiger partial charge in [0.05, 0.1) is 11.3 Å². The summed E-state index contributed by atoms with van der Waals surface area (Å²) in [5.41, 5.74) is 5.57. The predicted molar refractivity (Wildman–Crippen MR) is 62.5 cm³/mol. The summed E-state index contributed by atoms with van der Waals surface area (Å²) >= 11 is 5.58. The van der Waals surface area contributed by atoms with Crippen LogP contribution in [0.1, 0.15) is 11.9 Å². The van der Waals surface area contributed by atoms with E-state index in [0.29, 0.717) is 11.5 Å². The molecule has 90 valence electrons. The zero-order chi connectivity index (χ0) is 12.3. The highest BCUT2D eigenvalue weighted by atomic mass is 35.5. The van der Waals surface area contributed by atoms with Crippen molar-refractivity contribution in [3.63, 3.8) is 0 Å². The molecular weight excluding hydrogens is 245 g/mol. The average molecular weight is 256 g/mol. The van der Waals surface area contributed by atoms with Gasteiger partial charge in [-0.3, -0.25) is 0 Å². The zero-order valence-corrected chi connectivity index (χ0v) is 9.65. The van der Waals surface area contributed by atoms with Gasteiger partial charge in [-0.25, -0.2) is 4.39 Å². The van der Waals surface area contributed by atoms with Crippen molar-refractivity contribution >= 4 is 11.6 Å². The molecule has 2 rings (SSSR count). The molecule has 0 aliphatic carbocycles. The van der Waals surface area contributed by atoms with Crippen LogP contribution in [0.3, 0.4) is 0 Å². The standard InChI is InChI=1S/C12H11ClFNO2/c13-9-4-3-8(6-10(9)14)17-12(7-15)11-2-1-5-16-11/h1-6,12H,7,15H2. The minimum atomic E-state index is -0.528. The second-order valence-electron chi connectivity index (χ2n) is 3.43. The van der Waals surface area contributed by atoms with Crippen molar-refractivity contribution in [2.24, 2.45) is 5.73 Å². The summed E-state index contributed by atoms with van der Waals surface area (Å²) in [6.07, 6.45) is 1.09. The van der Waals surface area contributed by atoms with Crippen LogP contribution in [-0.4, -0.2) is 6.54 Å². The third-order valence-electron chi connectivity index (χ3n) is 2.24. The van der Waals surface area contributed by atoms with Gasteiger partial charge in [0.1, 0.15) is 17.3 Å². The van der Waals surface area contributed by atoms with E-state index in [1.807, 2.05) is 0 Å². The summed E-state index contributed by atoms with van der Waals surface area (Å²) in [5, 5.41) is 0.0552. The van der Waals surface area contributed by atoms with Crippen molar-refractivity contribution in [1.82, 2.24) is 0 Å². The molecule has 2 aromatic rings. The summed E-state index contributed by atoms with van der Waals surface area (Å²) in [7, 11) is 0. The number of rotatable bonds is 4. The molecule has 0 amide bonds. The molecule has 2 N–H and O–H groups in total. The maximum atomic E-state index is 13.2. The molecule has 0 radical (unpaired) electrons. The summed E-state index contributed by atoms with van der Waals surface area (Å²) in [5.74, 6) is 0.431. The second-order valence-corrected chi connectivity index (χ2v) is 3.84. The fourth-order valence-corrected chi connectivity index (χ4v) is 1.53. The highest BCUT2D eigenvalue weighted by Gasteiger charge is 2.15. The van der Waals surface area contributed by atoms with Crippen LogP contribution < -0.4 is 10.5 Å². The molecule has 1 atom stereocenters. The molecule has 1 aromatic carbocycles. The predicted octanol–water partition coefficient (Wildman–Crippen LogP) is 3.15. The highest BCUT2D eigenvalue weighted by molar-refractivity contribution is 6.30. The third-order valence-corrected chi connectivity index (χ3v) is 2.55. The lowest BCUT2D eigenvalue weighted by molar-refractivity contribution is 0.183. The van der Waals surface area contributed by atoms with Gasteiger partial charge in [-0.1, -0.05) is 11.6 Å². The quantitative estimate of drug-likeness (QED) is 0.913. The van der Waals surface area contributed by atoms with Crippen LogP contribution in [-0.2, 0) is 0 Å². The van der Waals surface area contributed by atoms with Gasteiger partial charge in [-0.15, -0.1) is 0 Å². The first kappa shape index (κ1) is 12.0. The summed E-state index contributed by atoms with van der Waals surface area (Å²) in [6, 6.07) is 7.72. The Morgan fingerprint density at radius 3 is 2.82 bits per heavy atom. The number of furan rings is 1. The van der Waals surface area contributed by atoms with E-state index < -0.39 is 11.9 Å². The molecule has 0 fully saturated rings. The summed E-state index contributed by atoms with van der Waals surface area (Å²) in [4.78, 5) is 0. The molecule has 3 nitrogen and oxygen atoms in total. The molecule has 1 unspecified atom stereocenters. The number of hydrogen-bond acceptors (Lipinski definition) is 3. The number of ether oxygens (including phenoxy) is 1. The van der Waals surface area contributed by atoms with Crippen LogP contribution in [0.2, 0.25) is 5.02 Å². The lowest BCUT2D eigenvalue weighted by Gasteiger charge is -2.15. The minimum absolute atomic E-state index is 0.0552. The highest BCUT2D eigenvalue weighted by Crippen LogP contribution is 2.25.